The molecule has 0 saturated carbocycles. The molecule has 0 spiro atoms. The molecule has 3 nitrogen and oxygen atoms in total. The molecule has 0 radical (unpaired) electrons. The van der Waals surface area contributed by atoms with E-state index in [1.807, 2.05) is 17.9 Å². The molecular weight excluding hydrogens is 138 g/mol. The molecule has 1 aromatic rings. The number of rotatable bonds is 1. The maximum atomic E-state index is 4.20. The van der Waals surface area contributed by atoms with Gasteiger partial charge in [0.1, 0.15) is 0 Å². The summed E-state index contributed by atoms with van der Waals surface area (Å²) in [6.07, 6.45) is 3.18. The summed E-state index contributed by atoms with van der Waals surface area (Å²) in [7, 11) is 2.00. The van der Waals surface area contributed by atoms with E-state index < -0.39 is 0 Å². The highest BCUT2D eigenvalue weighted by molar-refractivity contribution is 5.21. The number of nitrogens with one attached hydrogen (secondary N) is 1. The number of aromatic nitrogens is 2. The van der Waals surface area contributed by atoms with Gasteiger partial charge in [-0.2, -0.15) is 5.10 Å². The van der Waals surface area contributed by atoms with Crippen LogP contribution in [0.4, 0.5) is 0 Å². The molecule has 1 aliphatic heterocycles. The lowest BCUT2D eigenvalue weighted by atomic mass is 10.0. The number of nitrogens with zero attached hydrogens (tertiary/aromatic N) is 2. The van der Waals surface area contributed by atoms with Gasteiger partial charge in [0.05, 0.1) is 17.9 Å². The molecule has 1 aromatic heterocycles. The molecule has 2 heterocycles. The Morgan fingerprint density at radius 2 is 2.45 bits per heavy atom. The van der Waals surface area contributed by atoms with Gasteiger partial charge in [-0.25, -0.2) is 0 Å². The van der Waals surface area contributed by atoms with E-state index in [1.165, 1.54) is 17.7 Å². The highest BCUT2D eigenvalue weighted by Gasteiger charge is 2.22. The second kappa shape index (κ2) is 2.34. The molecule has 1 atom stereocenters. The van der Waals surface area contributed by atoms with Crippen LogP contribution in [0.1, 0.15) is 23.7 Å². The third kappa shape index (κ3) is 0.959. The van der Waals surface area contributed by atoms with E-state index in [9.17, 15) is 0 Å². The smallest absolute Gasteiger partial charge is 0.0579 e. The van der Waals surface area contributed by atoms with E-state index in [1.54, 1.807) is 0 Å². The SMILES string of the molecule is Cc1cnn(C)c1C1CCN1. The Labute approximate surface area is 66.4 Å². The van der Waals surface area contributed by atoms with E-state index in [0.29, 0.717) is 6.04 Å². The van der Waals surface area contributed by atoms with Gasteiger partial charge < -0.3 is 5.32 Å². The van der Waals surface area contributed by atoms with Gasteiger partial charge in [0.25, 0.3) is 0 Å². The molecule has 1 aliphatic rings. The van der Waals surface area contributed by atoms with E-state index in [-0.39, 0.29) is 0 Å². The summed E-state index contributed by atoms with van der Waals surface area (Å²) in [5.74, 6) is 0. The Bertz CT molecular complexity index is 241. The van der Waals surface area contributed by atoms with Gasteiger partial charge in [-0.05, 0) is 25.5 Å². The first-order valence-corrected chi connectivity index (χ1v) is 4.01. The van der Waals surface area contributed by atoms with Crippen LogP contribution in [0.25, 0.3) is 0 Å². The lowest BCUT2D eigenvalue weighted by Crippen LogP contribution is -2.36. The fourth-order valence-corrected chi connectivity index (χ4v) is 1.58. The van der Waals surface area contributed by atoms with Crippen molar-refractivity contribution in [1.82, 2.24) is 15.1 Å². The molecule has 0 bridgehead atoms. The summed E-state index contributed by atoms with van der Waals surface area (Å²) >= 11 is 0. The molecule has 1 unspecified atom stereocenters. The molecule has 3 heteroatoms. The van der Waals surface area contributed by atoms with Gasteiger partial charge >= 0.3 is 0 Å². The van der Waals surface area contributed by atoms with Crippen LogP contribution in [0.15, 0.2) is 6.20 Å². The third-order valence-corrected chi connectivity index (χ3v) is 2.33. The lowest BCUT2D eigenvalue weighted by Gasteiger charge is -2.28. The fraction of sp³-hybridized carbons (Fsp3) is 0.625. The molecule has 1 saturated heterocycles. The van der Waals surface area contributed by atoms with Crippen LogP contribution in [-0.2, 0) is 7.05 Å². The minimum absolute atomic E-state index is 0.558. The van der Waals surface area contributed by atoms with Crippen LogP contribution in [0.2, 0.25) is 0 Å². The van der Waals surface area contributed by atoms with E-state index in [0.717, 1.165) is 6.54 Å². The summed E-state index contributed by atoms with van der Waals surface area (Å²) in [4.78, 5) is 0. The number of hydrogen-bond donors (Lipinski definition) is 1. The maximum Gasteiger partial charge on any atom is 0.0579 e. The summed E-state index contributed by atoms with van der Waals surface area (Å²) in [5.41, 5.74) is 2.64. The van der Waals surface area contributed by atoms with Crippen molar-refractivity contribution in [2.24, 2.45) is 7.05 Å². The Hall–Kier alpha value is -0.830. The Morgan fingerprint density at radius 1 is 1.73 bits per heavy atom. The van der Waals surface area contributed by atoms with E-state index in [4.69, 9.17) is 0 Å². The van der Waals surface area contributed by atoms with Crippen LogP contribution >= 0.6 is 0 Å². The van der Waals surface area contributed by atoms with Crippen molar-refractivity contribution >= 4 is 0 Å². The summed E-state index contributed by atoms with van der Waals surface area (Å²) in [5, 5.41) is 7.56. The zero-order valence-corrected chi connectivity index (χ0v) is 6.96. The first-order chi connectivity index (χ1) is 5.29. The normalized spacial score (nSPS) is 23.3. The second-order valence-electron chi connectivity index (χ2n) is 3.13. The zero-order valence-electron chi connectivity index (χ0n) is 6.96. The van der Waals surface area contributed by atoms with Crippen LogP contribution in [0, 0.1) is 6.92 Å². The van der Waals surface area contributed by atoms with Crippen molar-refractivity contribution in [2.75, 3.05) is 6.54 Å². The van der Waals surface area contributed by atoms with Crippen molar-refractivity contribution < 1.29 is 0 Å². The number of hydrogen-bond acceptors (Lipinski definition) is 2. The highest BCUT2D eigenvalue weighted by Crippen LogP contribution is 2.24. The van der Waals surface area contributed by atoms with Gasteiger partial charge in [0.2, 0.25) is 0 Å². The zero-order chi connectivity index (χ0) is 7.84. The van der Waals surface area contributed by atoms with Crippen molar-refractivity contribution in [2.45, 2.75) is 19.4 Å². The lowest BCUT2D eigenvalue weighted by molar-refractivity contribution is 0.361. The molecule has 0 aliphatic carbocycles. The van der Waals surface area contributed by atoms with Gasteiger partial charge in [0, 0.05) is 7.05 Å². The van der Waals surface area contributed by atoms with Crippen LogP contribution in [-0.4, -0.2) is 16.3 Å². The maximum absolute atomic E-state index is 4.20. The average molecular weight is 151 g/mol. The Balaban J connectivity index is 2.33. The molecule has 11 heavy (non-hydrogen) atoms. The molecule has 1 fully saturated rings. The van der Waals surface area contributed by atoms with Gasteiger partial charge in [-0.15, -0.1) is 0 Å². The van der Waals surface area contributed by atoms with E-state index in [2.05, 4.69) is 17.3 Å². The van der Waals surface area contributed by atoms with Crippen molar-refractivity contribution in [1.29, 1.82) is 0 Å². The first-order valence-electron chi connectivity index (χ1n) is 4.01. The quantitative estimate of drug-likeness (QED) is 0.642. The predicted octanol–water partition coefficient (Wildman–Crippen LogP) is 0.763. The second-order valence-corrected chi connectivity index (χ2v) is 3.13. The molecular formula is C8H13N3. The molecule has 60 valence electrons. The number of aryl methyl sites for hydroxylation is 2. The topological polar surface area (TPSA) is 29.9 Å². The first kappa shape index (κ1) is 6.85. The van der Waals surface area contributed by atoms with Crippen molar-refractivity contribution in [3.05, 3.63) is 17.5 Å². The molecule has 0 amide bonds. The van der Waals surface area contributed by atoms with Crippen molar-refractivity contribution in [3.8, 4) is 0 Å². The van der Waals surface area contributed by atoms with Crippen LogP contribution in [0.5, 0.6) is 0 Å². The summed E-state index contributed by atoms with van der Waals surface area (Å²) < 4.78 is 1.96. The molecule has 2 rings (SSSR count). The van der Waals surface area contributed by atoms with E-state index >= 15 is 0 Å². The minimum Gasteiger partial charge on any atom is -0.309 e. The minimum atomic E-state index is 0.558. The largest absolute Gasteiger partial charge is 0.309 e. The standard InChI is InChI=1S/C8H13N3/c1-6-5-10-11(2)8(6)7-3-4-9-7/h5,7,9H,3-4H2,1-2H3. The summed E-state index contributed by atoms with van der Waals surface area (Å²) in [6, 6.07) is 0.558. The van der Waals surface area contributed by atoms with Gasteiger partial charge in [-0.3, -0.25) is 4.68 Å². The highest BCUT2D eigenvalue weighted by atomic mass is 15.3. The molecule has 1 N–H and O–H groups in total. The van der Waals surface area contributed by atoms with Crippen LogP contribution in [0.3, 0.4) is 0 Å². The predicted molar refractivity (Wildman–Crippen MR) is 43.3 cm³/mol. The van der Waals surface area contributed by atoms with Crippen LogP contribution < -0.4 is 5.32 Å². The fourth-order valence-electron chi connectivity index (χ4n) is 1.58. The molecule has 0 aromatic carbocycles. The van der Waals surface area contributed by atoms with Gasteiger partial charge in [-0.1, -0.05) is 0 Å². The Morgan fingerprint density at radius 3 is 2.82 bits per heavy atom. The van der Waals surface area contributed by atoms with Crippen molar-refractivity contribution in [3.63, 3.8) is 0 Å². The third-order valence-electron chi connectivity index (χ3n) is 2.33. The van der Waals surface area contributed by atoms with Gasteiger partial charge in [0.15, 0.2) is 0 Å². The summed E-state index contributed by atoms with van der Waals surface area (Å²) in [6.45, 7) is 3.26. The average Bonchev–Trinajstić information content (AvgIpc) is 2.15. The Kier molecular flexibility index (Phi) is 1.46. The monoisotopic (exact) mass is 151 g/mol.